The number of carbonyl (C=O) groups excluding carboxylic acids is 1. The maximum absolute atomic E-state index is 13.1. The van der Waals surface area contributed by atoms with Crippen molar-refractivity contribution in [1.29, 1.82) is 0 Å². The van der Waals surface area contributed by atoms with Crippen LogP contribution in [0.3, 0.4) is 0 Å². The number of nitrogens with zero attached hydrogens (tertiary/aromatic N) is 2. The van der Waals surface area contributed by atoms with Gasteiger partial charge in [0.05, 0.1) is 32.9 Å². The fraction of sp³-hybridized carbons (Fsp3) is 0.269. The number of halogens is 2. The zero-order valence-electron chi connectivity index (χ0n) is 20.0. The quantitative estimate of drug-likeness (QED) is 0.424. The smallest absolute Gasteiger partial charge is 0.255 e. The largest absolute Gasteiger partial charge is 0.492 e. The Morgan fingerprint density at radius 2 is 1.67 bits per heavy atom. The molecule has 3 aromatic carbocycles. The first-order chi connectivity index (χ1) is 17.2. The molecule has 36 heavy (non-hydrogen) atoms. The van der Waals surface area contributed by atoms with Crippen molar-refractivity contribution in [2.45, 2.75) is 18.7 Å². The third-order valence-electron chi connectivity index (χ3n) is 5.94. The SMILES string of the molecule is CCOc1ccc(C(=O)Nc2cccc(Cl)c2N2CCN(S(=O)(=O)c3ccc(C)cc3)CC2)cc1Cl. The molecule has 0 saturated carbocycles. The second-order valence-corrected chi connectivity index (χ2v) is 11.1. The topological polar surface area (TPSA) is 79.0 Å². The van der Waals surface area contributed by atoms with Crippen LogP contribution in [0.15, 0.2) is 65.6 Å². The van der Waals surface area contributed by atoms with E-state index < -0.39 is 10.0 Å². The number of para-hydroxylation sites is 1. The van der Waals surface area contributed by atoms with Crippen LogP contribution in [-0.2, 0) is 10.0 Å². The summed E-state index contributed by atoms with van der Waals surface area (Å²) in [6.07, 6.45) is 0. The van der Waals surface area contributed by atoms with Crippen molar-refractivity contribution < 1.29 is 17.9 Å². The number of aryl methyl sites for hydroxylation is 1. The Balaban J connectivity index is 1.50. The highest BCUT2D eigenvalue weighted by Crippen LogP contribution is 2.36. The lowest BCUT2D eigenvalue weighted by Crippen LogP contribution is -2.49. The molecule has 0 spiro atoms. The summed E-state index contributed by atoms with van der Waals surface area (Å²) >= 11 is 12.8. The van der Waals surface area contributed by atoms with Gasteiger partial charge in [0, 0.05) is 31.7 Å². The van der Waals surface area contributed by atoms with Gasteiger partial charge in [0.2, 0.25) is 10.0 Å². The summed E-state index contributed by atoms with van der Waals surface area (Å²) in [5.41, 5.74) is 2.56. The molecule has 1 aliphatic heterocycles. The van der Waals surface area contributed by atoms with Gasteiger partial charge < -0.3 is 15.0 Å². The first-order valence-corrected chi connectivity index (χ1v) is 13.7. The van der Waals surface area contributed by atoms with Gasteiger partial charge in [0.1, 0.15) is 5.75 Å². The van der Waals surface area contributed by atoms with Gasteiger partial charge in [0.25, 0.3) is 5.91 Å². The van der Waals surface area contributed by atoms with Crippen molar-refractivity contribution >= 4 is 50.5 Å². The van der Waals surface area contributed by atoms with Crippen molar-refractivity contribution in [3.63, 3.8) is 0 Å². The molecule has 1 N–H and O–H groups in total. The standard InChI is InChI=1S/C26H27Cl2N3O4S/c1-3-35-24-12-9-19(17-22(24)28)26(32)29-23-6-4-5-21(27)25(23)30-13-15-31(16-14-30)36(33,34)20-10-7-18(2)8-11-20/h4-12,17H,3,13-16H2,1-2H3,(H,29,32). The lowest BCUT2D eigenvalue weighted by Gasteiger charge is -2.36. The molecular weight excluding hydrogens is 521 g/mol. The van der Waals surface area contributed by atoms with E-state index in [1.54, 1.807) is 60.7 Å². The van der Waals surface area contributed by atoms with Crippen LogP contribution in [-0.4, -0.2) is 51.4 Å². The van der Waals surface area contributed by atoms with Crippen molar-refractivity contribution in [2.24, 2.45) is 0 Å². The monoisotopic (exact) mass is 547 g/mol. The molecule has 0 unspecified atom stereocenters. The first kappa shape index (κ1) is 26.3. The van der Waals surface area contributed by atoms with E-state index in [-0.39, 0.29) is 10.8 Å². The van der Waals surface area contributed by atoms with Crippen LogP contribution in [0.4, 0.5) is 11.4 Å². The number of anilines is 2. The van der Waals surface area contributed by atoms with Gasteiger partial charge in [-0.05, 0) is 56.3 Å². The summed E-state index contributed by atoms with van der Waals surface area (Å²) in [6.45, 7) is 5.68. The molecular formula is C26H27Cl2N3O4S. The first-order valence-electron chi connectivity index (χ1n) is 11.5. The van der Waals surface area contributed by atoms with Gasteiger partial charge in [-0.1, -0.05) is 47.0 Å². The van der Waals surface area contributed by atoms with Crippen molar-refractivity contribution in [1.82, 2.24) is 4.31 Å². The Morgan fingerprint density at radius 3 is 2.31 bits per heavy atom. The number of hydrogen-bond donors (Lipinski definition) is 1. The van der Waals surface area contributed by atoms with Crippen LogP contribution in [0.2, 0.25) is 10.0 Å². The van der Waals surface area contributed by atoms with Gasteiger partial charge in [-0.3, -0.25) is 4.79 Å². The summed E-state index contributed by atoms with van der Waals surface area (Å²) in [5, 5.41) is 3.73. The van der Waals surface area contributed by atoms with E-state index in [0.717, 1.165) is 5.56 Å². The molecule has 0 bridgehead atoms. The van der Waals surface area contributed by atoms with Gasteiger partial charge >= 0.3 is 0 Å². The van der Waals surface area contributed by atoms with Crippen LogP contribution in [0, 0.1) is 6.92 Å². The fourth-order valence-corrected chi connectivity index (χ4v) is 6.01. The molecule has 0 aliphatic carbocycles. The highest BCUT2D eigenvalue weighted by Gasteiger charge is 2.30. The Hall–Kier alpha value is -2.78. The Kier molecular flexibility index (Phi) is 8.10. The van der Waals surface area contributed by atoms with Crippen LogP contribution >= 0.6 is 23.2 Å². The van der Waals surface area contributed by atoms with Crippen molar-refractivity contribution in [2.75, 3.05) is 43.0 Å². The number of amides is 1. The number of piperazine rings is 1. The summed E-state index contributed by atoms with van der Waals surface area (Å²) in [4.78, 5) is 15.3. The Bertz CT molecular complexity index is 1360. The van der Waals surface area contributed by atoms with E-state index in [4.69, 9.17) is 27.9 Å². The highest BCUT2D eigenvalue weighted by molar-refractivity contribution is 7.89. The van der Waals surface area contributed by atoms with Gasteiger partial charge in [-0.2, -0.15) is 4.31 Å². The number of benzene rings is 3. The molecule has 1 amide bonds. The molecule has 4 rings (SSSR count). The minimum atomic E-state index is -3.59. The fourth-order valence-electron chi connectivity index (χ4n) is 4.06. The average Bonchev–Trinajstić information content (AvgIpc) is 2.86. The molecule has 1 aliphatic rings. The third kappa shape index (κ3) is 5.62. The van der Waals surface area contributed by atoms with Crippen LogP contribution in [0.5, 0.6) is 5.75 Å². The molecule has 0 radical (unpaired) electrons. The van der Waals surface area contributed by atoms with E-state index in [0.29, 0.717) is 65.5 Å². The minimum Gasteiger partial charge on any atom is -0.492 e. The summed E-state index contributed by atoms with van der Waals surface area (Å²) in [6, 6.07) is 17.0. The molecule has 1 fully saturated rings. The molecule has 0 atom stereocenters. The number of rotatable bonds is 7. The third-order valence-corrected chi connectivity index (χ3v) is 8.46. The average molecular weight is 548 g/mol. The predicted octanol–water partition coefficient (Wildman–Crippen LogP) is 5.46. The van der Waals surface area contributed by atoms with E-state index in [1.807, 2.05) is 18.7 Å². The van der Waals surface area contributed by atoms with Crippen molar-refractivity contribution in [3.8, 4) is 5.75 Å². The molecule has 1 saturated heterocycles. The zero-order valence-corrected chi connectivity index (χ0v) is 22.3. The number of carbonyl (C=O) groups is 1. The number of hydrogen-bond acceptors (Lipinski definition) is 5. The molecule has 7 nitrogen and oxygen atoms in total. The summed E-state index contributed by atoms with van der Waals surface area (Å²) in [7, 11) is -3.59. The molecule has 0 aromatic heterocycles. The van der Waals surface area contributed by atoms with E-state index in [1.165, 1.54) is 4.31 Å². The normalized spacial score (nSPS) is 14.5. The second kappa shape index (κ2) is 11.1. The summed E-state index contributed by atoms with van der Waals surface area (Å²) < 4.78 is 33.1. The maximum Gasteiger partial charge on any atom is 0.255 e. The van der Waals surface area contributed by atoms with Crippen molar-refractivity contribution in [3.05, 3.63) is 81.8 Å². The van der Waals surface area contributed by atoms with Crippen LogP contribution < -0.4 is 15.0 Å². The van der Waals surface area contributed by atoms with E-state index in [9.17, 15) is 13.2 Å². The number of nitrogens with one attached hydrogen (secondary N) is 1. The lowest BCUT2D eigenvalue weighted by molar-refractivity contribution is 0.102. The Morgan fingerprint density at radius 1 is 0.972 bits per heavy atom. The van der Waals surface area contributed by atoms with Gasteiger partial charge in [-0.15, -0.1) is 0 Å². The second-order valence-electron chi connectivity index (χ2n) is 8.37. The van der Waals surface area contributed by atoms with E-state index in [2.05, 4.69) is 5.32 Å². The molecule has 1 heterocycles. The summed E-state index contributed by atoms with van der Waals surface area (Å²) in [5.74, 6) is 0.168. The van der Waals surface area contributed by atoms with Gasteiger partial charge in [0.15, 0.2) is 0 Å². The van der Waals surface area contributed by atoms with Crippen LogP contribution in [0.25, 0.3) is 0 Å². The minimum absolute atomic E-state index is 0.279. The zero-order chi connectivity index (χ0) is 25.9. The Labute approximate surface area is 221 Å². The number of ether oxygens (including phenoxy) is 1. The van der Waals surface area contributed by atoms with Crippen LogP contribution in [0.1, 0.15) is 22.8 Å². The maximum atomic E-state index is 13.1. The lowest BCUT2D eigenvalue weighted by atomic mass is 10.1. The highest BCUT2D eigenvalue weighted by atomic mass is 35.5. The predicted molar refractivity (Wildman–Crippen MR) is 144 cm³/mol. The molecule has 3 aromatic rings. The molecule has 10 heteroatoms. The number of sulfonamides is 1. The van der Waals surface area contributed by atoms with Gasteiger partial charge in [-0.25, -0.2) is 8.42 Å². The molecule has 190 valence electrons. The van der Waals surface area contributed by atoms with E-state index >= 15 is 0 Å².